The average Bonchev–Trinajstić information content (AvgIpc) is 2.48. The van der Waals surface area contributed by atoms with E-state index < -0.39 is 0 Å². The van der Waals surface area contributed by atoms with Gasteiger partial charge in [-0.15, -0.1) is 0 Å². The van der Waals surface area contributed by atoms with Gasteiger partial charge in [0.1, 0.15) is 11.5 Å². The predicted octanol–water partition coefficient (Wildman–Crippen LogP) is 3.86. The van der Waals surface area contributed by atoms with Gasteiger partial charge < -0.3 is 15.2 Å². The number of benzene rings is 2. The topological polar surface area (TPSA) is 44.5 Å². The fraction of sp³-hybridized carbons (Fsp3) is 0.333. The van der Waals surface area contributed by atoms with E-state index in [-0.39, 0.29) is 6.04 Å². The minimum Gasteiger partial charge on any atom is -0.494 e. The molecule has 2 aromatic carbocycles. The Kier molecular flexibility index (Phi) is 5.64. The second-order valence-electron chi connectivity index (χ2n) is 5.06. The second kappa shape index (κ2) is 7.70. The van der Waals surface area contributed by atoms with Crippen LogP contribution in [0.3, 0.4) is 0 Å². The Hall–Kier alpha value is -2.00. The Morgan fingerprint density at radius 2 is 1.76 bits per heavy atom. The van der Waals surface area contributed by atoms with Gasteiger partial charge >= 0.3 is 0 Å². The van der Waals surface area contributed by atoms with Crippen molar-refractivity contribution in [1.29, 1.82) is 0 Å². The Bertz CT molecular complexity index is 551. The molecule has 0 aliphatic rings. The first kappa shape index (κ1) is 15.4. The largest absolute Gasteiger partial charge is 0.494 e. The fourth-order valence-electron chi connectivity index (χ4n) is 2.15. The van der Waals surface area contributed by atoms with Gasteiger partial charge in [-0.3, -0.25) is 0 Å². The lowest BCUT2D eigenvalue weighted by molar-refractivity contribution is 0.298. The molecule has 0 aliphatic carbocycles. The van der Waals surface area contributed by atoms with Gasteiger partial charge in [-0.1, -0.05) is 24.3 Å². The molecule has 3 heteroatoms. The summed E-state index contributed by atoms with van der Waals surface area (Å²) >= 11 is 0. The van der Waals surface area contributed by atoms with E-state index in [1.165, 1.54) is 5.56 Å². The van der Waals surface area contributed by atoms with Crippen LogP contribution in [0.2, 0.25) is 0 Å². The van der Waals surface area contributed by atoms with Crippen LogP contribution < -0.4 is 15.2 Å². The summed E-state index contributed by atoms with van der Waals surface area (Å²) in [6.07, 6.45) is 0.780. The van der Waals surface area contributed by atoms with Crippen molar-refractivity contribution >= 4 is 0 Å². The summed E-state index contributed by atoms with van der Waals surface area (Å²) in [5.74, 6) is 1.78. The zero-order chi connectivity index (χ0) is 15.1. The highest BCUT2D eigenvalue weighted by atomic mass is 16.5. The van der Waals surface area contributed by atoms with Crippen LogP contribution in [0.4, 0.5) is 0 Å². The number of hydrogen-bond acceptors (Lipinski definition) is 3. The molecule has 1 unspecified atom stereocenters. The van der Waals surface area contributed by atoms with Crippen molar-refractivity contribution in [3.63, 3.8) is 0 Å². The van der Waals surface area contributed by atoms with E-state index >= 15 is 0 Å². The van der Waals surface area contributed by atoms with Crippen LogP contribution in [0.5, 0.6) is 11.5 Å². The van der Waals surface area contributed by atoms with Crippen molar-refractivity contribution in [3.8, 4) is 11.5 Å². The van der Waals surface area contributed by atoms with E-state index in [4.69, 9.17) is 15.2 Å². The van der Waals surface area contributed by atoms with Crippen molar-refractivity contribution < 1.29 is 9.47 Å². The highest BCUT2D eigenvalue weighted by molar-refractivity contribution is 5.29. The molecule has 2 N–H and O–H groups in total. The summed E-state index contributed by atoms with van der Waals surface area (Å²) < 4.78 is 11.2. The molecular formula is C18H23NO2. The maximum absolute atomic E-state index is 6.19. The van der Waals surface area contributed by atoms with Crippen molar-refractivity contribution in [1.82, 2.24) is 0 Å². The molecule has 0 bridgehead atoms. The Morgan fingerprint density at radius 3 is 2.43 bits per heavy atom. The Labute approximate surface area is 126 Å². The normalized spacial score (nSPS) is 12.0. The zero-order valence-electron chi connectivity index (χ0n) is 12.7. The van der Waals surface area contributed by atoms with E-state index in [0.717, 1.165) is 23.5 Å². The maximum atomic E-state index is 6.19. The molecule has 21 heavy (non-hydrogen) atoms. The van der Waals surface area contributed by atoms with Crippen molar-refractivity contribution in [2.75, 3.05) is 13.2 Å². The molecule has 0 fully saturated rings. The predicted molar refractivity (Wildman–Crippen MR) is 85.8 cm³/mol. The van der Waals surface area contributed by atoms with Gasteiger partial charge in [-0.25, -0.2) is 0 Å². The van der Waals surface area contributed by atoms with Gasteiger partial charge in [0, 0.05) is 12.5 Å². The molecule has 2 rings (SSSR count). The molecule has 112 valence electrons. The number of nitrogens with two attached hydrogens (primary N) is 1. The van der Waals surface area contributed by atoms with Crippen LogP contribution in [-0.4, -0.2) is 13.2 Å². The quantitative estimate of drug-likeness (QED) is 0.840. The van der Waals surface area contributed by atoms with Gasteiger partial charge in [-0.05, 0) is 49.2 Å². The molecule has 0 aliphatic heterocycles. The minimum absolute atomic E-state index is 0.0227. The summed E-state index contributed by atoms with van der Waals surface area (Å²) in [4.78, 5) is 0. The summed E-state index contributed by atoms with van der Waals surface area (Å²) in [6.45, 7) is 5.31. The highest BCUT2D eigenvalue weighted by Crippen LogP contribution is 2.19. The van der Waals surface area contributed by atoms with E-state index in [2.05, 4.69) is 13.0 Å². The molecule has 0 saturated heterocycles. The third kappa shape index (κ3) is 4.80. The second-order valence-corrected chi connectivity index (χ2v) is 5.06. The molecular weight excluding hydrogens is 262 g/mol. The number of aryl methyl sites for hydroxylation is 1. The highest BCUT2D eigenvalue weighted by Gasteiger charge is 2.06. The summed E-state index contributed by atoms with van der Waals surface area (Å²) in [5, 5.41) is 0. The minimum atomic E-state index is -0.0227. The molecule has 0 amide bonds. The Morgan fingerprint density at radius 1 is 1.00 bits per heavy atom. The van der Waals surface area contributed by atoms with E-state index in [9.17, 15) is 0 Å². The summed E-state index contributed by atoms with van der Waals surface area (Å²) in [7, 11) is 0. The van der Waals surface area contributed by atoms with Crippen LogP contribution in [0.15, 0.2) is 48.5 Å². The monoisotopic (exact) mass is 285 g/mol. The third-order valence-corrected chi connectivity index (χ3v) is 3.31. The first-order chi connectivity index (χ1) is 10.2. The molecule has 1 atom stereocenters. The molecule has 3 nitrogen and oxygen atoms in total. The van der Waals surface area contributed by atoms with Crippen molar-refractivity contribution in [2.45, 2.75) is 26.3 Å². The first-order valence-electron chi connectivity index (χ1n) is 7.37. The van der Waals surface area contributed by atoms with Gasteiger partial charge in [0.2, 0.25) is 0 Å². The molecule has 0 spiro atoms. The SMILES string of the molecule is CCOc1ccc(C(N)CCOc2cccc(C)c2)cc1. The summed E-state index contributed by atoms with van der Waals surface area (Å²) in [5.41, 5.74) is 8.49. The van der Waals surface area contributed by atoms with Crippen molar-refractivity contribution in [2.24, 2.45) is 5.73 Å². The molecule has 2 aromatic rings. The fourth-order valence-corrected chi connectivity index (χ4v) is 2.15. The Balaban J connectivity index is 1.82. The molecule has 0 heterocycles. The lowest BCUT2D eigenvalue weighted by Crippen LogP contribution is -2.14. The standard InChI is InChI=1S/C18H23NO2/c1-3-20-16-9-7-15(8-10-16)18(19)11-12-21-17-6-4-5-14(2)13-17/h4-10,13,18H,3,11-12,19H2,1-2H3. The molecule has 0 saturated carbocycles. The average molecular weight is 285 g/mol. The number of hydrogen-bond donors (Lipinski definition) is 1. The van der Waals surface area contributed by atoms with Crippen molar-refractivity contribution in [3.05, 3.63) is 59.7 Å². The number of ether oxygens (including phenoxy) is 2. The van der Waals surface area contributed by atoms with Gasteiger partial charge in [0.05, 0.1) is 13.2 Å². The maximum Gasteiger partial charge on any atom is 0.119 e. The molecule has 0 radical (unpaired) electrons. The smallest absolute Gasteiger partial charge is 0.119 e. The van der Waals surface area contributed by atoms with Gasteiger partial charge in [0.15, 0.2) is 0 Å². The van der Waals surface area contributed by atoms with Gasteiger partial charge in [-0.2, -0.15) is 0 Å². The zero-order valence-corrected chi connectivity index (χ0v) is 12.7. The molecule has 0 aromatic heterocycles. The van der Waals surface area contributed by atoms with Gasteiger partial charge in [0.25, 0.3) is 0 Å². The van der Waals surface area contributed by atoms with Crippen LogP contribution >= 0.6 is 0 Å². The summed E-state index contributed by atoms with van der Waals surface area (Å²) in [6, 6.07) is 16.0. The van der Waals surface area contributed by atoms with E-state index in [1.807, 2.05) is 49.4 Å². The van der Waals surface area contributed by atoms with Crippen LogP contribution in [0, 0.1) is 6.92 Å². The van der Waals surface area contributed by atoms with Crippen LogP contribution in [0.1, 0.15) is 30.5 Å². The third-order valence-electron chi connectivity index (χ3n) is 3.31. The number of rotatable bonds is 7. The first-order valence-corrected chi connectivity index (χ1v) is 7.37. The lowest BCUT2D eigenvalue weighted by Gasteiger charge is -2.14. The van der Waals surface area contributed by atoms with Crippen LogP contribution in [-0.2, 0) is 0 Å². The van der Waals surface area contributed by atoms with E-state index in [0.29, 0.717) is 13.2 Å². The lowest BCUT2D eigenvalue weighted by atomic mass is 10.1. The van der Waals surface area contributed by atoms with E-state index in [1.54, 1.807) is 0 Å². The van der Waals surface area contributed by atoms with Crippen LogP contribution in [0.25, 0.3) is 0 Å².